The third kappa shape index (κ3) is 2.68. The van der Waals surface area contributed by atoms with Gasteiger partial charge in [-0.15, -0.1) is 0 Å². The van der Waals surface area contributed by atoms with Gasteiger partial charge in [0.1, 0.15) is 0 Å². The van der Waals surface area contributed by atoms with Crippen molar-refractivity contribution >= 4 is 5.91 Å². The monoisotopic (exact) mass is 231 g/mol. The fourth-order valence-corrected chi connectivity index (χ4v) is 2.27. The summed E-state index contributed by atoms with van der Waals surface area (Å²) in [6.07, 6.45) is 3.24. The van der Waals surface area contributed by atoms with E-state index in [2.05, 4.69) is 24.3 Å². The average Bonchev–Trinajstić information content (AvgIpc) is 3.24. The van der Waals surface area contributed by atoms with Crippen LogP contribution in [0.5, 0.6) is 0 Å². The molecule has 1 saturated carbocycles. The van der Waals surface area contributed by atoms with Gasteiger partial charge in [-0.3, -0.25) is 4.79 Å². The Bertz CT molecular complexity index is 396. The Morgan fingerprint density at radius 3 is 2.47 bits per heavy atom. The zero-order valence-corrected chi connectivity index (χ0v) is 10.8. The molecule has 92 valence electrons. The maximum atomic E-state index is 11.9. The molecule has 0 atom stereocenters. The minimum atomic E-state index is 0.357. The number of rotatable bonds is 1. The van der Waals surface area contributed by atoms with Crippen molar-refractivity contribution in [2.24, 2.45) is 5.92 Å². The lowest BCUT2D eigenvalue weighted by Crippen LogP contribution is -2.36. The summed E-state index contributed by atoms with van der Waals surface area (Å²) in [5.74, 6) is 0.736. The van der Waals surface area contributed by atoms with Crippen molar-refractivity contribution in [2.75, 3.05) is 6.54 Å². The van der Waals surface area contributed by atoms with Crippen LogP contribution in [0.4, 0.5) is 0 Å². The Kier molecular flexibility index (Phi) is 3.82. The topological polar surface area (TPSA) is 20.3 Å². The number of benzene rings is 1. The van der Waals surface area contributed by atoms with Gasteiger partial charge in [0.15, 0.2) is 0 Å². The first-order chi connectivity index (χ1) is 8.34. The summed E-state index contributed by atoms with van der Waals surface area (Å²) in [6.45, 7) is 5.73. The van der Waals surface area contributed by atoms with Gasteiger partial charge >= 0.3 is 0 Å². The number of carbonyl (C=O) groups is 1. The summed E-state index contributed by atoms with van der Waals surface area (Å²) in [7, 11) is 0. The summed E-state index contributed by atoms with van der Waals surface area (Å²) < 4.78 is 0. The quantitative estimate of drug-likeness (QED) is 0.727. The summed E-state index contributed by atoms with van der Waals surface area (Å²) >= 11 is 0. The molecule has 1 heterocycles. The molecule has 1 aliphatic carbocycles. The normalized spacial score (nSPS) is 17.9. The van der Waals surface area contributed by atoms with E-state index in [9.17, 15) is 4.79 Å². The average molecular weight is 231 g/mol. The molecule has 1 amide bonds. The molecular weight excluding hydrogens is 210 g/mol. The largest absolute Gasteiger partial charge is 0.338 e. The lowest BCUT2D eigenvalue weighted by atomic mass is 10.00. The van der Waals surface area contributed by atoms with Gasteiger partial charge in [0.25, 0.3) is 0 Å². The van der Waals surface area contributed by atoms with Crippen molar-refractivity contribution in [1.29, 1.82) is 0 Å². The van der Waals surface area contributed by atoms with Crippen LogP contribution >= 0.6 is 0 Å². The van der Waals surface area contributed by atoms with Crippen LogP contribution in [0.1, 0.15) is 37.8 Å². The molecule has 0 radical (unpaired) electrons. The highest BCUT2D eigenvalue weighted by Crippen LogP contribution is 2.32. The van der Waals surface area contributed by atoms with Crippen LogP contribution < -0.4 is 0 Å². The molecule has 2 nitrogen and oxygen atoms in total. The van der Waals surface area contributed by atoms with Gasteiger partial charge in [-0.25, -0.2) is 0 Å². The fraction of sp³-hybridized carbons (Fsp3) is 0.533. The van der Waals surface area contributed by atoms with Gasteiger partial charge in [0.2, 0.25) is 5.91 Å². The van der Waals surface area contributed by atoms with E-state index in [1.807, 2.05) is 18.7 Å². The molecule has 0 unspecified atom stereocenters. The molecule has 0 aromatic heterocycles. The van der Waals surface area contributed by atoms with Crippen molar-refractivity contribution in [3.63, 3.8) is 0 Å². The maximum absolute atomic E-state index is 11.9. The van der Waals surface area contributed by atoms with E-state index in [1.165, 1.54) is 11.1 Å². The smallest absolute Gasteiger partial charge is 0.225 e. The van der Waals surface area contributed by atoms with Crippen LogP contribution in [-0.2, 0) is 17.8 Å². The van der Waals surface area contributed by atoms with E-state index < -0.39 is 0 Å². The lowest BCUT2D eigenvalue weighted by molar-refractivity contribution is -0.133. The predicted molar refractivity (Wildman–Crippen MR) is 69.6 cm³/mol. The highest BCUT2D eigenvalue weighted by molar-refractivity contribution is 5.81. The van der Waals surface area contributed by atoms with Gasteiger partial charge in [-0.1, -0.05) is 38.1 Å². The highest BCUT2D eigenvalue weighted by Gasteiger charge is 2.34. The zero-order valence-electron chi connectivity index (χ0n) is 10.8. The second-order valence-corrected chi connectivity index (χ2v) is 4.55. The van der Waals surface area contributed by atoms with Crippen LogP contribution in [0.3, 0.4) is 0 Å². The summed E-state index contributed by atoms with van der Waals surface area (Å²) in [5, 5.41) is 0. The predicted octanol–water partition coefficient (Wildman–Crippen LogP) is 3.01. The van der Waals surface area contributed by atoms with Gasteiger partial charge in [-0.2, -0.15) is 0 Å². The van der Waals surface area contributed by atoms with Crippen LogP contribution in [-0.4, -0.2) is 17.4 Å². The van der Waals surface area contributed by atoms with Crippen molar-refractivity contribution in [1.82, 2.24) is 4.90 Å². The fourth-order valence-electron chi connectivity index (χ4n) is 2.27. The number of fused-ring (bicyclic) bond motifs is 1. The van der Waals surface area contributed by atoms with Crippen LogP contribution in [0, 0.1) is 5.92 Å². The first kappa shape index (κ1) is 12.2. The maximum Gasteiger partial charge on any atom is 0.225 e. The Balaban J connectivity index is 0.000000514. The molecule has 1 fully saturated rings. The molecule has 0 N–H and O–H groups in total. The molecular formula is C15H21NO. The number of nitrogens with zero attached hydrogens (tertiary/aromatic N) is 1. The Labute approximate surface area is 104 Å². The van der Waals surface area contributed by atoms with Gasteiger partial charge in [0, 0.05) is 19.0 Å². The lowest BCUT2D eigenvalue weighted by Gasteiger charge is -2.28. The molecule has 0 bridgehead atoms. The number of hydrogen-bond acceptors (Lipinski definition) is 1. The second-order valence-electron chi connectivity index (χ2n) is 4.55. The molecule has 0 spiro atoms. The van der Waals surface area contributed by atoms with E-state index in [1.54, 1.807) is 0 Å². The number of amides is 1. The summed E-state index contributed by atoms with van der Waals surface area (Å²) in [5.41, 5.74) is 2.75. The van der Waals surface area contributed by atoms with E-state index in [-0.39, 0.29) is 0 Å². The first-order valence-corrected chi connectivity index (χ1v) is 6.70. The zero-order chi connectivity index (χ0) is 12.3. The Hall–Kier alpha value is -1.31. The number of hydrogen-bond donors (Lipinski definition) is 0. The molecule has 2 aliphatic rings. The van der Waals surface area contributed by atoms with Gasteiger partial charge in [-0.05, 0) is 30.4 Å². The molecule has 2 heteroatoms. The summed E-state index contributed by atoms with van der Waals surface area (Å²) in [4.78, 5) is 13.9. The van der Waals surface area contributed by atoms with Crippen LogP contribution in [0.2, 0.25) is 0 Å². The van der Waals surface area contributed by atoms with Crippen molar-refractivity contribution in [3.8, 4) is 0 Å². The minimum absolute atomic E-state index is 0.357. The molecule has 0 saturated heterocycles. The Morgan fingerprint density at radius 1 is 1.18 bits per heavy atom. The van der Waals surface area contributed by atoms with E-state index >= 15 is 0 Å². The van der Waals surface area contributed by atoms with Crippen molar-refractivity contribution < 1.29 is 4.79 Å². The van der Waals surface area contributed by atoms with Crippen molar-refractivity contribution in [2.45, 2.75) is 39.7 Å². The van der Waals surface area contributed by atoms with E-state index in [0.29, 0.717) is 11.8 Å². The molecule has 1 aliphatic heterocycles. The Morgan fingerprint density at radius 2 is 1.82 bits per heavy atom. The standard InChI is InChI=1S/C13H15NO.C2H6/c15-13(11-5-6-11)14-8-7-10-3-1-2-4-12(10)9-14;1-2/h1-4,11H,5-9H2;1-2H3. The first-order valence-electron chi connectivity index (χ1n) is 6.70. The third-order valence-electron chi connectivity index (χ3n) is 3.37. The van der Waals surface area contributed by atoms with Crippen molar-refractivity contribution in [3.05, 3.63) is 35.4 Å². The third-order valence-corrected chi connectivity index (χ3v) is 3.37. The number of carbonyl (C=O) groups excluding carboxylic acids is 1. The second kappa shape index (κ2) is 5.35. The van der Waals surface area contributed by atoms with E-state index in [4.69, 9.17) is 0 Å². The van der Waals surface area contributed by atoms with E-state index in [0.717, 1.165) is 32.4 Å². The molecule has 1 aromatic rings. The summed E-state index contributed by atoms with van der Waals surface area (Å²) in [6, 6.07) is 8.46. The molecule has 17 heavy (non-hydrogen) atoms. The van der Waals surface area contributed by atoms with Gasteiger partial charge < -0.3 is 4.90 Å². The highest BCUT2D eigenvalue weighted by atomic mass is 16.2. The molecule has 1 aromatic carbocycles. The molecule has 3 rings (SSSR count). The van der Waals surface area contributed by atoms with Gasteiger partial charge in [0.05, 0.1) is 0 Å². The van der Waals surface area contributed by atoms with Crippen LogP contribution in [0.25, 0.3) is 0 Å². The SMILES string of the molecule is CC.O=C(C1CC1)N1CCc2ccccc2C1. The van der Waals surface area contributed by atoms with Crippen LogP contribution in [0.15, 0.2) is 24.3 Å². The minimum Gasteiger partial charge on any atom is -0.338 e.